The topological polar surface area (TPSA) is 58.6 Å². The fraction of sp³-hybridized carbons (Fsp3) is 0.529. The molecule has 1 heterocycles. The number of benzene rings is 1. The molecule has 0 saturated heterocycles. The Balaban J connectivity index is 1.76. The highest BCUT2D eigenvalue weighted by molar-refractivity contribution is 6.14. The summed E-state index contributed by atoms with van der Waals surface area (Å²) in [6, 6.07) is 7.98. The van der Waals surface area contributed by atoms with Crippen molar-refractivity contribution in [1.82, 2.24) is 5.32 Å². The van der Waals surface area contributed by atoms with E-state index < -0.39 is 5.41 Å². The van der Waals surface area contributed by atoms with E-state index in [0.29, 0.717) is 32.5 Å². The molecule has 0 unspecified atom stereocenters. The van der Waals surface area contributed by atoms with Gasteiger partial charge in [0.25, 0.3) is 0 Å². The van der Waals surface area contributed by atoms with Crippen molar-refractivity contribution >= 4 is 17.5 Å². The Morgan fingerprint density at radius 2 is 2.09 bits per heavy atom. The predicted octanol–water partition coefficient (Wildman–Crippen LogP) is 1.51. The summed E-state index contributed by atoms with van der Waals surface area (Å²) < 4.78 is 4.94. The smallest absolute Gasteiger partial charge is 0.242 e. The second kappa shape index (κ2) is 6.08. The molecule has 0 radical (unpaired) electrons. The fourth-order valence-corrected chi connectivity index (χ4v) is 3.10. The second-order valence-electron chi connectivity index (χ2n) is 6.02. The number of para-hydroxylation sites is 1. The standard InChI is InChI=1S/C17H22N2O3/c1-22-12-10-18-15(20)17(8-9-17)16(21)19-11-4-6-13-5-2-3-7-14(13)19/h2-3,5,7H,4,6,8-12H2,1H3,(H,18,20). The summed E-state index contributed by atoms with van der Waals surface area (Å²) in [6.07, 6.45) is 3.23. The minimum Gasteiger partial charge on any atom is -0.383 e. The Morgan fingerprint density at radius 3 is 2.82 bits per heavy atom. The van der Waals surface area contributed by atoms with E-state index >= 15 is 0 Å². The van der Waals surface area contributed by atoms with Crippen LogP contribution >= 0.6 is 0 Å². The van der Waals surface area contributed by atoms with E-state index in [2.05, 4.69) is 11.4 Å². The normalized spacial score (nSPS) is 18.5. The van der Waals surface area contributed by atoms with Gasteiger partial charge in [0.2, 0.25) is 11.8 Å². The summed E-state index contributed by atoms with van der Waals surface area (Å²) in [5.41, 5.74) is 1.31. The number of nitrogens with one attached hydrogen (secondary N) is 1. The molecule has 0 aromatic heterocycles. The third kappa shape index (κ3) is 2.61. The lowest BCUT2D eigenvalue weighted by Gasteiger charge is -2.32. The third-order valence-corrected chi connectivity index (χ3v) is 4.54. The van der Waals surface area contributed by atoms with Gasteiger partial charge in [-0.1, -0.05) is 18.2 Å². The lowest BCUT2D eigenvalue weighted by molar-refractivity contribution is -0.135. The van der Waals surface area contributed by atoms with Gasteiger partial charge in [-0.15, -0.1) is 0 Å². The largest absolute Gasteiger partial charge is 0.383 e. The quantitative estimate of drug-likeness (QED) is 0.662. The van der Waals surface area contributed by atoms with Gasteiger partial charge in [-0.2, -0.15) is 0 Å². The molecule has 1 N–H and O–H groups in total. The van der Waals surface area contributed by atoms with Crippen LogP contribution in [0.15, 0.2) is 24.3 Å². The van der Waals surface area contributed by atoms with Crippen LogP contribution < -0.4 is 10.2 Å². The van der Waals surface area contributed by atoms with Crippen LogP contribution in [0.3, 0.4) is 0 Å². The van der Waals surface area contributed by atoms with Gasteiger partial charge in [0.15, 0.2) is 0 Å². The first-order chi connectivity index (χ1) is 10.7. The molecule has 1 aliphatic carbocycles. The Bertz CT molecular complexity index is 581. The summed E-state index contributed by atoms with van der Waals surface area (Å²) in [6.45, 7) is 1.60. The zero-order valence-electron chi connectivity index (χ0n) is 12.9. The number of amides is 2. The number of rotatable bonds is 5. The van der Waals surface area contributed by atoms with Gasteiger partial charge in [0, 0.05) is 25.9 Å². The lowest BCUT2D eigenvalue weighted by atomic mass is 9.97. The van der Waals surface area contributed by atoms with Crippen LogP contribution in [0.25, 0.3) is 0 Å². The van der Waals surface area contributed by atoms with Crippen LogP contribution in [0.2, 0.25) is 0 Å². The molecule has 5 nitrogen and oxygen atoms in total. The van der Waals surface area contributed by atoms with Gasteiger partial charge in [-0.3, -0.25) is 9.59 Å². The van der Waals surface area contributed by atoms with Crippen molar-refractivity contribution in [3.8, 4) is 0 Å². The van der Waals surface area contributed by atoms with E-state index in [1.54, 1.807) is 7.11 Å². The molecule has 5 heteroatoms. The number of carbonyl (C=O) groups is 2. The first kappa shape index (κ1) is 15.0. The SMILES string of the molecule is COCCNC(=O)C1(C(=O)N2CCCc3ccccc32)CC1. The van der Waals surface area contributed by atoms with Gasteiger partial charge in [-0.05, 0) is 37.3 Å². The first-order valence-electron chi connectivity index (χ1n) is 7.86. The van der Waals surface area contributed by atoms with Crippen LogP contribution in [0.4, 0.5) is 5.69 Å². The number of nitrogens with zero attached hydrogens (tertiary/aromatic N) is 1. The van der Waals surface area contributed by atoms with E-state index in [0.717, 1.165) is 18.5 Å². The van der Waals surface area contributed by atoms with E-state index in [4.69, 9.17) is 4.74 Å². The van der Waals surface area contributed by atoms with Gasteiger partial charge >= 0.3 is 0 Å². The monoisotopic (exact) mass is 302 g/mol. The lowest BCUT2D eigenvalue weighted by Crippen LogP contribution is -2.47. The molecule has 2 amide bonds. The van der Waals surface area contributed by atoms with E-state index in [1.165, 1.54) is 5.56 Å². The third-order valence-electron chi connectivity index (χ3n) is 4.54. The number of anilines is 1. The Morgan fingerprint density at radius 1 is 1.32 bits per heavy atom. The molecule has 1 fully saturated rings. The molecule has 0 atom stereocenters. The highest BCUT2D eigenvalue weighted by Crippen LogP contribution is 2.48. The maximum Gasteiger partial charge on any atom is 0.242 e. The first-order valence-corrected chi connectivity index (χ1v) is 7.86. The molecule has 1 aromatic rings. The highest BCUT2D eigenvalue weighted by atomic mass is 16.5. The van der Waals surface area contributed by atoms with Crippen molar-refractivity contribution in [3.05, 3.63) is 29.8 Å². The number of methoxy groups -OCH3 is 1. The number of ether oxygens (including phenoxy) is 1. The van der Waals surface area contributed by atoms with Crippen LogP contribution in [-0.2, 0) is 20.7 Å². The van der Waals surface area contributed by atoms with Gasteiger partial charge in [0.1, 0.15) is 5.41 Å². The van der Waals surface area contributed by atoms with Crippen molar-refractivity contribution < 1.29 is 14.3 Å². The minimum absolute atomic E-state index is 0.0467. The summed E-state index contributed by atoms with van der Waals surface area (Å²) >= 11 is 0. The molecular weight excluding hydrogens is 280 g/mol. The average molecular weight is 302 g/mol. The molecule has 3 rings (SSSR count). The maximum absolute atomic E-state index is 13.0. The zero-order chi connectivity index (χ0) is 15.6. The average Bonchev–Trinajstić information content (AvgIpc) is 3.35. The molecule has 0 spiro atoms. The van der Waals surface area contributed by atoms with Crippen LogP contribution in [-0.4, -0.2) is 38.6 Å². The molecule has 0 bridgehead atoms. The molecule has 22 heavy (non-hydrogen) atoms. The summed E-state index contributed by atoms with van der Waals surface area (Å²) in [5.74, 6) is -0.202. The Hall–Kier alpha value is -1.88. The van der Waals surface area contributed by atoms with Crippen molar-refractivity contribution in [2.75, 3.05) is 31.7 Å². The Kier molecular flexibility index (Phi) is 4.16. The van der Waals surface area contributed by atoms with Crippen molar-refractivity contribution in [2.45, 2.75) is 25.7 Å². The predicted molar refractivity (Wildman–Crippen MR) is 83.7 cm³/mol. The fourth-order valence-electron chi connectivity index (χ4n) is 3.10. The molecule has 1 aliphatic heterocycles. The molecule has 1 aromatic carbocycles. The van der Waals surface area contributed by atoms with Gasteiger partial charge in [0.05, 0.1) is 6.61 Å². The molecule has 118 valence electrons. The maximum atomic E-state index is 13.0. The Labute approximate surface area is 130 Å². The number of hydrogen-bond donors (Lipinski definition) is 1. The number of carbonyl (C=O) groups excluding carboxylic acids is 2. The second-order valence-corrected chi connectivity index (χ2v) is 6.02. The van der Waals surface area contributed by atoms with E-state index in [1.807, 2.05) is 23.1 Å². The van der Waals surface area contributed by atoms with Crippen LogP contribution in [0.5, 0.6) is 0 Å². The van der Waals surface area contributed by atoms with Crippen molar-refractivity contribution in [2.24, 2.45) is 5.41 Å². The van der Waals surface area contributed by atoms with Gasteiger partial charge < -0.3 is 15.0 Å². The summed E-state index contributed by atoms with van der Waals surface area (Å²) in [4.78, 5) is 27.1. The summed E-state index contributed by atoms with van der Waals surface area (Å²) in [7, 11) is 1.59. The number of fused-ring (bicyclic) bond motifs is 1. The van der Waals surface area contributed by atoms with Gasteiger partial charge in [-0.25, -0.2) is 0 Å². The molecular formula is C17H22N2O3. The van der Waals surface area contributed by atoms with E-state index in [-0.39, 0.29) is 11.8 Å². The van der Waals surface area contributed by atoms with Crippen molar-refractivity contribution in [1.29, 1.82) is 0 Å². The van der Waals surface area contributed by atoms with Crippen molar-refractivity contribution in [3.63, 3.8) is 0 Å². The number of aryl methyl sites for hydroxylation is 1. The highest BCUT2D eigenvalue weighted by Gasteiger charge is 2.58. The van der Waals surface area contributed by atoms with Crippen LogP contribution in [0.1, 0.15) is 24.8 Å². The summed E-state index contributed by atoms with van der Waals surface area (Å²) in [5, 5.41) is 2.82. The molecule has 1 saturated carbocycles. The molecule has 2 aliphatic rings. The minimum atomic E-state index is -0.849. The van der Waals surface area contributed by atoms with Crippen LogP contribution in [0, 0.1) is 5.41 Å². The number of hydrogen-bond acceptors (Lipinski definition) is 3. The zero-order valence-corrected chi connectivity index (χ0v) is 12.9. The van der Waals surface area contributed by atoms with E-state index in [9.17, 15) is 9.59 Å².